The van der Waals surface area contributed by atoms with Crippen LogP contribution in [0.5, 0.6) is 0 Å². The number of amides is 1. The van der Waals surface area contributed by atoms with Crippen LogP contribution in [0.4, 0.5) is 0 Å². The lowest BCUT2D eigenvalue weighted by Crippen LogP contribution is -2.60. The van der Waals surface area contributed by atoms with Crippen molar-refractivity contribution in [3.63, 3.8) is 0 Å². The van der Waals surface area contributed by atoms with Crippen molar-refractivity contribution >= 4 is 5.91 Å². The molecule has 0 aromatic carbocycles. The van der Waals surface area contributed by atoms with E-state index in [2.05, 4.69) is 19.2 Å². The molecular weight excluding hydrogens is 855 g/mol. The lowest BCUT2D eigenvalue weighted by atomic mass is 9.98. The van der Waals surface area contributed by atoms with E-state index in [1.54, 1.807) is 0 Å². The third-order valence-electron chi connectivity index (χ3n) is 14.8. The Balaban J connectivity index is 2.13. The molecule has 1 heterocycles. The molecule has 0 unspecified atom stereocenters. The molecule has 1 rings (SSSR count). The smallest absolute Gasteiger partial charge is 0.220 e. The fourth-order valence-electron chi connectivity index (χ4n) is 10.0. The molecule has 0 spiro atoms. The minimum Gasteiger partial charge on any atom is -0.394 e. The summed E-state index contributed by atoms with van der Waals surface area (Å²) in [4.78, 5) is 13.1. The summed E-state index contributed by atoms with van der Waals surface area (Å²) < 4.78 is 11.2. The Bertz CT molecular complexity index is 1050. The van der Waals surface area contributed by atoms with E-state index in [4.69, 9.17) is 9.47 Å². The highest BCUT2D eigenvalue weighted by Gasteiger charge is 2.44. The molecule has 406 valence electrons. The zero-order chi connectivity index (χ0) is 49.6. The molecule has 0 bridgehead atoms. The normalized spacial score (nSPS) is 19.9. The van der Waals surface area contributed by atoms with Crippen molar-refractivity contribution in [1.82, 2.24) is 5.32 Å². The number of ether oxygens (including phenoxy) is 2. The Kier molecular flexibility index (Phi) is 46.4. The Morgan fingerprint density at radius 2 is 0.765 bits per heavy atom. The number of rotatable bonds is 52. The van der Waals surface area contributed by atoms with Crippen LogP contribution in [0.3, 0.4) is 0 Å². The van der Waals surface area contributed by atoms with Crippen LogP contribution in [-0.4, -0.2) is 98.7 Å². The van der Waals surface area contributed by atoms with Gasteiger partial charge in [-0.3, -0.25) is 4.79 Å². The van der Waals surface area contributed by atoms with Gasteiger partial charge < -0.3 is 45.4 Å². The van der Waals surface area contributed by atoms with Gasteiger partial charge in [0.1, 0.15) is 30.5 Å². The van der Waals surface area contributed by atoms with Crippen LogP contribution in [0.1, 0.15) is 303 Å². The zero-order valence-corrected chi connectivity index (χ0v) is 44.8. The number of aliphatic hydroxyl groups excluding tert-OH is 6. The van der Waals surface area contributed by atoms with Crippen LogP contribution in [0.15, 0.2) is 0 Å². The van der Waals surface area contributed by atoms with Gasteiger partial charge in [0.15, 0.2) is 6.29 Å². The summed E-state index contributed by atoms with van der Waals surface area (Å²) in [6.45, 7) is 3.64. The van der Waals surface area contributed by atoms with Gasteiger partial charge in [0, 0.05) is 6.42 Å². The molecular formula is C58H115NO9. The molecule has 0 aliphatic carbocycles. The number of hydrogen-bond acceptors (Lipinski definition) is 9. The summed E-state index contributed by atoms with van der Waals surface area (Å²) in [7, 11) is 0. The average Bonchev–Trinajstić information content (AvgIpc) is 3.34. The number of unbranched alkanes of at least 4 members (excludes halogenated alkanes) is 41. The second-order valence-corrected chi connectivity index (χ2v) is 21.3. The average molecular weight is 971 g/mol. The molecule has 0 radical (unpaired) electrons. The first-order valence-corrected chi connectivity index (χ1v) is 29.8. The monoisotopic (exact) mass is 970 g/mol. The molecule has 0 aromatic rings. The van der Waals surface area contributed by atoms with Crippen LogP contribution < -0.4 is 5.32 Å². The number of hydrogen-bond donors (Lipinski definition) is 7. The molecule has 10 nitrogen and oxygen atoms in total. The highest BCUT2D eigenvalue weighted by Crippen LogP contribution is 2.24. The third-order valence-corrected chi connectivity index (χ3v) is 14.8. The van der Waals surface area contributed by atoms with E-state index in [-0.39, 0.29) is 18.9 Å². The molecule has 8 atom stereocenters. The Morgan fingerprint density at radius 1 is 0.456 bits per heavy atom. The minimum absolute atomic E-state index is 0.251. The van der Waals surface area contributed by atoms with Crippen molar-refractivity contribution in [3.05, 3.63) is 0 Å². The van der Waals surface area contributed by atoms with Crippen molar-refractivity contribution in [2.75, 3.05) is 13.2 Å². The first-order valence-electron chi connectivity index (χ1n) is 29.8. The molecule has 10 heteroatoms. The summed E-state index contributed by atoms with van der Waals surface area (Å²) in [5, 5.41) is 65.4. The van der Waals surface area contributed by atoms with Crippen LogP contribution >= 0.6 is 0 Å². The topological polar surface area (TPSA) is 169 Å². The fraction of sp³-hybridized carbons (Fsp3) is 0.983. The highest BCUT2D eigenvalue weighted by molar-refractivity contribution is 5.76. The first kappa shape index (κ1) is 65.2. The van der Waals surface area contributed by atoms with Gasteiger partial charge in [0.05, 0.1) is 25.4 Å². The molecule has 7 N–H and O–H groups in total. The molecule has 1 fully saturated rings. The number of aliphatic hydroxyl groups is 6. The van der Waals surface area contributed by atoms with Gasteiger partial charge in [-0.2, -0.15) is 0 Å². The van der Waals surface area contributed by atoms with E-state index in [9.17, 15) is 35.4 Å². The fourth-order valence-corrected chi connectivity index (χ4v) is 10.0. The van der Waals surface area contributed by atoms with E-state index >= 15 is 0 Å². The second-order valence-electron chi connectivity index (χ2n) is 21.3. The summed E-state index contributed by atoms with van der Waals surface area (Å²) >= 11 is 0. The molecule has 1 aliphatic heterocycles. The zero-order valence-electron chi connectivity index (χ0n) is 44.8. The minimum atomic E-state index is -1.60. The van der Waals surface area contributed by atoms with E-state index in [1.165, 1.54) is 238 Å². The summed E-state index contributed by atoms with van der Waals surface area (Å²) in [6.07, 6.45) is 47.2. The second kappa shape index (κ2) is 48.4. The predicted octanol–water partition coefficient (Wildman–Crippen LogP) is 13.6. The molecule has 1 aliphatic rings. The van der Waals surface area contributed by atoms with Crippen molar-refractivity contribution in [3.8, 4) is 0 Å². The molecule has 0 aromatic heterocycles. The molecule has 1 amide bonds. The maximum atomic E-state index is 13.1. The van der Waals surface area contributed by atoms with E-state index in [0.717, 1.165) is 38.5 Å². The van der Waals surface area contributed by atoms with Crippen molar-refractivity contribution < 1.29 is 44.9 Å². The Labute approximate surface area is 419 Å². The Hall–Kier alpha value is -0.850. The maximum Gasteiger partial charge on any atom is 0.220 e. The first-order chi connectivity index (χ1) is 33.3. The van der Waals surface area contributed by atoms with E-state index < -0.39 is 55.6 Å². The Morgan fingerprint density at radius 3 is 1.09 bits per heavy atom. The number of carbonyl (C=O) groups excluding carboxylic acids is 1. The van der Waals surface area contributed by atoms with Crippen molar-refractivity contribution in [2.24, 2.45) is 0 Å². The SMILES string of the molecule is CCCCCCCCCCCCCCCCCCCCCCCCCCCCCCCCCC(=O)N[C@@H](CO[C@H]1O[C@H](CO)[C@H](O)[C@H](O)[C@H]1O)[C@H](O)[C@H](O)CCCCCCCCCCCCCC. The number of nitrogens with one attached hydrogen (secondary N) is 1. The molecule has 0 saturated carbocycles. The van der Waals surface area contributed by atoms with Crippen molar-refractivity contribution in [2.45, 2.75) is 352 Å². The van der Waals surface area contributed by atoms with Gasteiger partial charge in [0.2, 0.25) is 5.91 Å². The maximum absolute atomic E-state index is 13.1. The molecule has 1 saturated heterocycles. The summed E-state index contributed by atoms with van der Waals surface area (Å²) in [5.74, 6) is -0.251. The largest absolute Gasteiger partial charge is 0.394 e. The van der Waals surface area contributed by atoms with Gasteiger partial charge >= 0.3 is 0 Å². The van der Waals surface area contributed by atoms with E-state index in [1.807, 2.05) is 0 Å². The summed E-state index contributed by atoms with van der Waals surface area (Å²) in [5.41, 5.74) is 0. The van der Waals surface area contributed by atoms with Crippen LogP contribution in [0.2, 0.25) is 0 Å². The van der Waals surface area contributed by atoms with Crippen molar-refractivity contribution in [1.29, 1.82) is 0 Å². The summed E-state index contributed by atoms with van der Waals surface area (Å²) in [6, 6.07) is -0.986. The number of carbonyl (C=O) groups is 1. The van der Waals surface area contributed by atoms with Gasteiger partial charge in [-0.1, -0.05) is 284 Å². The van der Waals surface area contributed by atoms with Gasteiger partial charge in [-0.25, -0.2) is 0 Å². The predicted molar refractivity (Wildman–Crippen MR) is 283 cm³/mol. The van der Waals surface area contributed by atoms with Crippen LogP contribution in [-0.2, 0) is 14.3 Å². The van der Waals surface area contributed by atoms with Gasteiger partial charge in [-0.05, 0) is 12.8 Å². The lowest BCUT2D eigenvalue weighted by Gasteiger charge is -2.40. The quantitative estimate of drug-likeness (QED) is 0.0293. The van der Waals surface area contributed by atoms with Crippen LogP contribution in [0, 0.1) is 0 Å². The van der Waals surface area contributed by atoms with E-state index in [0.29, 0.717) is 6.42 Å². The van der Waals surface area contributed by atoms with Gasteiger partial charge in [-0.15, -0.1) is 0 Å². The van der Waals surface area contributed by atoms with Gasteiger partial charge in [0.25, 0.3) is 0 Å². The lowest BCUT2D eigenvalue weighted by molar-refractivity contribution is -0.303. The van der Waals surface area contributed by atoms with Crippen LogP contribution in [0.25, 0.3) is 0 Å². The molecule has 68 heavy (non-hydrogen) atoms. The highest BCUT2D eigenvalue weighted by atomic mass is 16.7. The third kappa shape index (κ3) is 37.0. The standard InChI is InChI=1S/C58H115NO9/c1-3-5-7-9-11-13-15-17-18-19-20-21-22-23-24-25-26-27-28-29-30-31-32-33-34-35-37-39-41-43-45-47-53(62)59-50(49-67-58-57(66)56(65)55(64)52(48-60)68-58)54(63)51(61)46-44-42-40-38-36-16-14-12-10-8-6-4-2/h50-52,54-58,60-61,63-66H,3-49H2,1-2H3,(H,59,62)/t50-,51+,52+,54-,55-,56-,57+,58-/m0/s1.